The molecule has 0 unspecified atom stereocenters. The zero-order valence-electron chi connectivity index (χ0n) is 9.15. The molecule has 17 heavy (non-hydrogen) atoms. The van der Waals surface area contributed by atoms with E-state index < -0.39 is 11.9 Å². The van der Waals surface area contributed by atoms with Gasteiger partial charge in [-0.25, -0.2) is 14.6 Å². The average Bonchev–Trinajstić information content (AvgIpc) is 2.57. The van der Waals surface area contributed by atoms with Gasteiger partial charge in [-0.3, -0.25) is 0 Å². The highest BCUT2D eigenvalue weighted by Crippen LogP contribution is 2.27. The minimum absolute atomic E-state index is 0.0783. The van der Waals surface area contributed by atoms with Crippen molar-refractivity contribution >= 4 is 0 Å². The number of aryl methyl sites for hydroxylation is 2. The SMILES string of the molecule is Cc1cc(C)n(-c2nccc(C(F)(F)F)n2)n1. The van der Waals surface area contributed by atoms with E-state index in [0.29, 0.717) is 11.4 Å². The van der Waals surface area contributed by atoms with Gasteiger partial charge < -0.3 is 0 Å². The number of nitrogens with zero attached hydrogens (tertiary/aromatic N) is 4. The van der Waals surface area contributed by atoms with Crippen molar-refractivity contribution in [2.45, 2.75) is 20.0 Å². The zero-order chi connectivity index (χ0) is 12.6. The van der Waals surface area contributed by atoms with E-state index in [9.17, 15) is 13.2 Å². The van der Waals surface area contributed by atoms with E-state index in [1.54, 1.807) is 19.9 Å². The maximum Gasteiger partial charge on any atom is 0.433 e. The summed E-state index contributed by atoms with van der Waals surface area (Å²) >= 11 is 0. The van der Waals surface area contributed by atoms with Crippen LogP contribution in [-0.4, -0.2) is 19.7 Å². The Morgan fingerprint density at radius 2 is 1.94 bits per heavy atom. The van der Waals surface area contributed by atoms with Crippen LogP contribution in [0.15, 0.2) is 18.3 Å². The predicted octanol–water partition coefficient (Wildman–Crippen LogP) is 2.30. The predicted molar refractivity (Wildman–Crippen MR) is 53.6 cm³/mol. The van der Waals surface area contributed by atoms with Gasteiger partial charge in [0, 0.05) is 11.9 Å². The molecule has 0 saturated carbocycles. The van der Waals surface area contributed by atoms with Crippen LogP contribution in [-0.2, 0) is 6.18 Å². The van der Waals surface area contributed by atoms with Crippen LogP contribution in [0.1, 0.15) is 17.1 Å². The van der Waals surface area contributed by atoms with Crippen LogP contribution in [0.3, 0.4) is 0 Å². The first-order chi connectivity index (χ1) is 7.88. The van der Waals surface area contributed by atoms with E-state index in [0.717, 1.165) is 12.3 Å². The molecule has 7 heteroatoms. The second kappa shape index (κ2) is 3.83. The topological polar surface area (TPSA) is 43.6 Å². The van der Waals surface area contributed by atoms with Crippen LogP contribution in [0.5, 0.6) is 0 Å². The smallest absolute Gasteiger partial charge is 0.220 e. The summed E-state index contributed by atoms with van der Waals surface area (Å²) in [5.41, 5.74) is 0.403. The molecule has 0 amide bonds. The summed E-state index contributed by atoms with van der Waals surface area (Å²) in [6, 6.07) is 2.57. The van der Waals surface area contributed by atoms with Gasteiger partial charge in [0.1, 0.15) is 5.69 Å². The first-order valence-corrected chi connectivity index (χ1v) is 4.82. The number of halogens is 3. The van der Waals surface area contributed by atoms with E-state index in [1.165, 1.54) is 4.68 Å². The highest BCUT2D eigenvalue weighted by atomic mass is 19.4. The van der Waals surface area contributed by atoms with E-state index in [-0.39, 0.29) is 5.95 Å². The van der Waals surface area contributed by atoms with Crippen molar-refractivity contribution in [1.29, 1.82) is 0 Å². The number of rotatable bonds is 1. The Morgan fingerprint density at radius 3 is 2.47 bits per heavy atom. The van der Waals surface area contributed by atoms with Crippen LogP contribution in [0, 0.1) is 13.8 Å². The summed E-state index contributed by atoms with van der Waals surface area (Å²) in [4.78, 5) is 7.24. The van der Waals surface area contributed by atoms with Crippen molar-refractivity contribution in [2.24, 2.45) is 0 Å². The summed E-state index contributed by atoms with van der Waals surface area (Å²) in [5.74, 6) is -0.0783. The molecule has 0 fully saturated rings. The van der Waals surface area contributed by atoms with E-state index in [4.69, 9.17) is 0 Å². The Morgan fingerprint density at radius 1 is 1.24 bits per heavy atom. The van der Waals surface area contributed by atoms with Gasteiger partial charge in [0.05, 0.1) is 5.69 Å². The molecule has 90 valence electrons. The lowest BCUT2D eigenvalue weighted by Gasteiger charge is -2.07. The van der Waals surface area contributed by atoms with Gasteiger partial charge in [0.2, 0.25) is 0 Å². The summed E-state index contributed by atoms with van der Waals surface area (Å²) in [6.45, 7) is 3.47. The van der Waals surface area contributed by atoms with Crippen LogP contribution in [0.25, 0.3) is 5.95 Å². The van der Waals surface area contributed by atoms with E-state index in [2.05, 4.69) is 15.1 Å². The lowest BCUT2D eigenvalue weighted by molar-refractivity contribution is -0.141. The largest absolute Gasteiger partial charge is 0.433 e. The van der Waals surface area contributed by atoms with Crippen molar-refractivity contribution in [2.75, 3.05) is 0 Å². The van der Waals surface area contributed by atoms with Crippen LogP contribution >= 0.6 is 0 Å². The monoisotopic (exact) mass is 242 g/mol. The molecular formula is C10H9F3N4. The van der Waals surface area contributed by atoms with E-state index >= 15 is 0 Å². The molecule has 0 N–H and O–H groups in total. The quantitative estimate of drug-likeness (QED) is 0.770. The third kappa shape index (κ3) is 2.27. The Kier molecular flexibility index (Phi) is 2.60. The van der Waals surface area contributed by atoms with Crippen molar-refractivity contribution in [3.63, 3.8) is 0 Å². The van der Waals surface area contributed by atoms with Crippen molar-refractivity contribution < 1.29 is 13.2 Å². The average molecular weight is 242 g/mol. The highest BCUT2D eigenvalue weighted by molar-refractivity contribution is 5.20. The molecule has 0 radical (unpaired) electrons. The first kappa shape index (κ1) is 11.6. The maximum atomic E-state index is 12.5. The standard InChI is InChI=1S/C10H9F3N4/c1-6-5-7(2)17(16-6)9-14-4-3-8(15-9)10(11,12)13/h3-5H,1-2H3. The third-order valence-electron chi connectivity index (χ3n) is 2.13. The molecule has 0 aliphatic heterocycles. The Labute approximate surface area is 95.1 Å². The van der Waals surface area contributed by atoms with Gasteiger partial charge in [0.25, 0.3) is 5.95 Å². The molecule has 0 atom stereocenters. The highest BCUT2D eigenvalue weighted by Gasteiger charge is 2.33. The third-order valence-corrected chi connectivity index (χ3v) is 2.13. The summed E-state index contributed by atoms with van der Waals surface area (Å²) in [7, 11) is 0. The summed E-state index contributed by atoms with van der Waals surface area (Å²) in [5, 5.41) is 4.03. The van der Waals surface area contributed by atoms with Gasteiger partial charge >= 0.3 is 6.18 Å². The van der Waals surface area contributed by atoms with Gasteiger partial charge in [-0.15, -0.1) is 0 Å². The van der Waals surface area contributed by atoms with Crippen molar-refractivity contribution in [3.8, 4) is 5.95 Å². The van der Waals surface area contributed by atoms with Crippen molar-refractivity contribution in [1.82, 2.24) is 19.7 Å². The van der Waals surface area contributed by atoms with Crippen molar-refractivity contribution in [3.05, 3.63) is 35.4 Å². The molecule has 0 spiro atoms. The number of aromatic nitrogens is 4. The number of alkyl halides is 3. The fourth-order valence-electron chi connectivity index (χ4n) is 1.44. The molecule has 2 heterocycles. The van der Waals surface area contributed by atoms with Gasteiger partial charge in [-0.2, -0.15) is 18.3 Å². The molecule has 2 rings (SSSR count). The molecule has 0 bridgehead atoms. The maximum absolute atomic E-state index is 12.5. The lowest BCUT2D eigenvalue weighted by atomic mass is 10.4. The van der Waals surface area contributed by atoms with Gasteiger partial charge in [-0.1, -0.05) is 0 Å². The second-order valence-electron chi connectivity index (χ2n) is 3.58. The minimum atomic E-state index is -4.48. The fourth-order valence-corrected chi connectivity index (χ4v) is 1.44. The molecular weight excluding hydrogens is 233 g/mol. The molecule has 0 saturated heterocycles. The molecule has 0 aromatic carbocycles. The Hall–Kier alpha value is -1.92. The number of hydrogen-bond acceptors (Lipinski definition) is 3. The Bertz CT molecular complexity index is 545. The van der Waals surface area contributed by atoms with Crippen LogP contribution < -0.4 is 0 Å². The first-order valence-electron chi connectivity index (χ1n) is 4.82. The zero-order valence-corrected chi connectivity index (χ0v) is 9.15. The second-order valence-corrected chi connectivity index (χ2v) is 3.58. The molecule has 0 aliphatic rings. The fraction of sp³-hybridized carbons (Fsp3) is 0.300. The van der Waals surface area contributed by atoms with Gasteiger partial charge in [0.15, 0.2) is 0 Å². The molecule has 4 nitrogen and oxygen atoms in total. The summed E-state index contributed by atoms with van der Waals surface area (Å²) < 4.78 is 38.7. The molecule has 2 aromatic rings. The Balaban J connectivity index is 2.50. The summed E-state index contributed by atoms with van der Waals surface area (Å²) in [6.07, 6.45) is -3.41. The molecule has 2 aromatic heterocycles. The van der Waals surface area contributed by atoms with Crippen LogP contribution in [0.4, 0.5) is 13.2 Å². The van der Waals surface area contributed by atoms with Crippen LogP contribution in [0.2, 0.25) is 0 Å². The normalized spacial score (nSPS) is 11.8. The molecule has 0 aliphatic carbocycles. The van der Waals surface area contributed by atoms with Gasteiger partial charge in [-0.05, 0) is 26.0 Å². The van der Waals surface area contributed by atoms with E-state index in [1.807, 2.05) is 0 Å². The minimum Gasteiger partial charge on any atom is -0.220 e. The lowest BCUT2D eigenvalue weighted by Crippen LogP contribution is -2.12. The number of hydrogen-bond donors (Lipinski definition) is 0.